The molecule has 2 aromatic rings. The lowest BCUT2D eigenvalue weighted by Crippen LogP contribution is -1.87. The predicted molar refractivity (Wildman–Crippen MR) is 77.1 cm³/mol. The number of hydrogen-bond donors (Lipinski definition) is 1. The van der Waals surface area contributed by atoms with Crippen LogP contribution in [0.4, 0.5) is 0 Å². The lowest BCUT2D eigenvalue weighted by atomic mass is 10.4. The number of aromatic nitrogens is 2. The van der Waals surface area contributed by atoms with Crippen LogP contribution in [-0.4, -0.2) is 15.9 Å². The first-order valence-electron chi connectivity index (χ1n) is 5.59. The predicted octanol–water partition coefficient (Wildman–Crippen LogP) is 3.43. The quantitative estimate of drug-likeness (QED) is 0.663. The average molecular weight is 258 g/mol. The normalized spacial score (nSPS) is 7.84. The van der Waals surface area contributed by atoms with Crippen molar-refractivity contribution in [3.8, 4) is 0 Å². The Morgan fingerprint density at radius 2 is 1.95 bits per heavy atom. The van der Waals surface area contributed by atoms with Crippen molar-refractivity contribution >= 4 is 12.0 Å². The fourth-order valence-corrected chi connectivity index (χ4v) is 0.901. The number of hydrogen-bond acceptors (Lipinski definition) is 3. The zero-order chi connectivity index (χ0) is 14.3. The molecule has 100 valence electrons. The molecule has 0 amide bonds. The highest BCUT2D eigenvalue weighted by molar-refractivity contribution is 5.66. The molecule has 0 aliphatic carbocycles. The molecule has 2 aromatic heterocycles. The number of nitrogens with one attached hydrogen (secondary N) is 1. The first-order valence-corrected chi connectivity index (χ1v) is 5.59. The Bertz CT molecular complexity index is 424. The Balaban J connectivity index is 0.000000257. The first-order chi connectivity index (χ1) is 9.20. The summed E-state index contributed by atoms with van der Waals surface area (Å²) in [6.07, 6.45) is 8.25. The van der Waals surface area contributed by atoms with Crippen molar-refractivity contribution in [1.82, 2.24) is 9.97 Å². The van der Waals surface area contributed by atoms with E-state index in [1.54, 1.807) is 18.5 Å². The van der Waals surface area contributed by atoms with Crippen LogP contribution in [0.5, 0.6) is 0 Å². The highest BCUT2D eigenvalue weighted by Gasteiger charge is 1.79. The van der Waals surface area contributed by atoms with E-state index >= 15 is 0 Å². The third-order valence-corrected chi connectivity index (χ3v) is 1.66. The van der Waals surface area contributed by atoms with Crippen LogP contribution in [0, 0.1) is 0 Å². The molecule has 0 aliphatic rings. The molecule has 0 saturated heterocycles. The van der Waals surface area contributed by atoms with Gasteiger partial charge in [-0.15, -0.1) is 0 Å². The van der Waals surface area contributed by atoms with Gasteiger partial charge in [-0.1, -0.05) is 19.2 Å². The van der Waals surface area contributed by atoms with Crippen molar-refractivity contribution in [3.05, 3.63) is 74.0 Å². The number of carbonyl (C=O) groups is 1. The lowest BCUT2D eigenvalue weighted by molar-refractivity contribution is -0.135. The number of carbonyl (C=O) groups excluding carboxylic acids is 1. The maximum Gasteiger partial charge on any atom is 0.307 e. The van der Waals surface area contributed by atoms with Gasteiger partial charge in [0.2, 0.25) is 0 Å². The standard InChI is InChI=1S/C6H7N.C5H5N.C4H6O2/c1-2-6-4-3-5-7-6;1-2-4-6-5-3-1;1-3-6-4(2)5/h2-5,7H,1H2;1-5H;3H,1H2,2H3. The molecular formula is C15H18N2O2. The number of nitrogens with zero attached hydrogens (tertiary/aromatic N) is 1. The largest absolute Gasteiger partial charge is 0.435 e. The second kappa shape index (κ2) is 11.9. The maximum atomic E-state index is 9.75. The lowest BCUT2D eigenvalue weighted by Gasteiger charge is -1.83. The molecule has 0 spiro atoms. The number of aromatic amines is 1. The fourth-order valence-electron chi connectivity index (χ4n) is 0.901. The highest BCUT2D eigenvalue weighted by atomic mass is 16.5. The van der Waals surface area contributed by atoms with E-state index in [9.17, 15) is 4.79 Å². The van der Waals surface area contributed by atoms with Crippen LogP contribution >= 0.6 is 0 Å². The molecule has 19 heavy (non-hydrogen) atoms. The van der Waals surface area contributed by atoms with Gasteiger partial charge in [0.25, 0.3) is 0 Å². The number of esters is 1. The molecule has 4 heteroatoms. The molecular weight excluding hydrogens is 240 g/mol. The fraction of sp³-hybridized carbons (Fsp3) is 0.0667. The van der Waals surface area contributed by atoms with Gasteiger partial charge < -0.3 is 9.72 Å². The van der Waals surface area contributed by atoms with Crippen molar-refractivity contribution in [3.63, 3.8) is 0 Å². The Labute approximate surface area is 113 Å². The smallest absolute Gasteiger partial charge is 0.307 e. The molecule has 0 aromatic carbocycles. The van der Waals surface area contributed by atoms with Gasteiger partial charge in [0.1, 0.15) is 0 Å². The molecule has 1 N–H and O–H groups in total. The second-order valence-corrected chi connectivity index (χ2v) is 3.13. The van der Waals surface area contributed by atoms with E-state index < -0.39 is 0 Å². The summed E-state index contributed by atoms with van der Waals surface area (Å²) >= 11 is 0. The van der Waals surface area contributed by atoms with E-state index in [2.05, 4.69) is 27.9 Å². The van der Waals surface area contributed by atoms with E-state index in [1.165, 1.54) is 6.92 Å². The molecule has 0 saturated carbocycles. The van der Waals surface area contributed by atoms with E-state index in [-0.39, 0.29) is 5.97 Å². The molecule has 0 bridgehead atoms. The van der Waals surface area contributed by atoms with Crippen LogP contribution in [0.3, 0.4) is 0 Å². The number of H-pyrrole nitrogens is 1. The minimum absolute atomic E-state index is 0.329. The Kier molecular flexibility index (Phi) is 10.2. The SMILES string of the molecule is C=COC(C)=O.C=Cc1ccc[nH]1.c1ccncc1. The summed E-state index contributed by atoms with van der Waals surface area (Å²) in [4.78, 5) is 16.5. The van der Waals surface area contributed by atoms with Gasteiger partial charge in [-0.2, -0.15) is 0 Å². The molecule has 0 fully saturated rings. The number of pyridine rings is 1. The van der Waals surface area contributed by atoms with Gasteiger partial charge in [0, 0.05) is 31.2 Å². The van der Waals surface area contributed by atoms with Crippen molar-refractivity contribution in [2.45, 2.75) is 6.92 Å². The monoisotopic (exact) mass is 258 g/mol. The number of rotatable bonds is 2. The molecule has 2 rings (SSSR count). The Hall–Kier alpha value is -2.62. The van der Waals surface area contributed by atoms with E-state index in [4.69, 9.17) is 0 Å². The van der Waals surface area contributed by atoms with Crippen LogP contribution in [-0.2, 0) is 9.53 Å². The van der Waals surface area contributed by atoms with E-state index in [0.717, 1.165) is 12.0 Å². The first kappa shape index (κ1) is 16.4. The van der Waals surface area contributed by atoms with E-state index in [1.807, 2.05) is 36.5 Å². The van der Waals surface area contributed by atoms with Crippen LogP contribution in [0.1, 0.15) is 12.6 Å². The van der Waals surface area contributed by atoms with Gasteiger partial charge in [0.05, 0.1) is 6.26 Å². The Morgan fingerprint density at radius 1 is 1.26 bits per heavy atom. The summed E-state index contributed by atoms with van der Waals surface area (Å²) in [6.45, 7) is 8.05. The van der Waals surface area contributed by atoms with Crippen molar-refractivity contribution in [1.29, 1.82) is 0 Å². The minimum atomic E-state index is -0.329. The molecule has 0 atom stereocenters. The van der Waals surface area contributed by atoms with Crippen LogP contribution in [0.2, 0.25) is 0 Å². The van der Waals surface area contributed by atoms with Crippen LogP contribution in [0.25, 0.3) is 6.08 Å². The van der Waals surface area contributed by atoms with Crippen LogP contribution < -0.4 is 0 Å². The van der Waals surface area contributed by atoms with Crippen molar-refractivity contribution in [2.24, 2.45) is 0 Å². The summed E-state index contributed by atoms with van der Waals surface area (Å²) in [6, 6.07) is 9.62. The number of ether oxygens (including phenoxy) is 1. The zero-order valence-electron chi connectivity index (χ0n) is 11.0. The zero-order valence-corrected chi connectivity index (χ0v) is 11.0. The summed E-state index contributed by atoms with van der Waals surface area (Å²) in [5.74, 6) is -0.329. The van der Waals surface area contributed by atoms with Crippen molar-refractivity contribution in [2.75, 3.05) is 0 Å². The average Bonchev–Trinajstić information content (AvgIpc) is 2.95. The van der Waals surface area contributed by atoms with Gasteiger partial charge >= 0.3 is 5.97 Å². The molecule has 2 heterocycles. The van der Waals surface area contributed by atoms with Gasteiger partial charge in [-0.25, -0.2) is 0 Å². The second-order valence-electron chi connectivity index (χ2n) is 3.13. The Morgan fingerprint density at radius 3 is 2.11 bits per heavy atom. The third-order valence-electron chi connectivity index (χ3n) is 1.66. The van der Waals surface area contributed by atoms with Crippen LogP contribution in [0.15, 0.2) is 68.3 Å². The van der Waals surface area contributed by atoms with Gasteiger partial charge in [-0.05, 0) is 30.3 Å². The minimum Gasteiger partial charge on any atom is -0.435 e. The highest BCUT2D eigenvalue weighted by Crippen LogP contribution is 1.92. The van der Waals surface area contributed by atoms with Gasteiger partial charge in [0.15, 0.2) is 0 Å². The molecule has 0 unspecified atom stereocenters. The van der Waals surface area contributed by atoms with E-state index in [0.29, 0.717) is 0 Å². The summed E-state index contributed by atoms with van der Waals surface area (Å²) in [5, 5.41) is 0. The summed E-state index contributed by atoms with van der Waals surface area (Å²) in [7, 11) is 0. The molecule has 0 aliphatic heterocycles. The van der Waals surface area contributed by atoms with Gasteiger partial charge in [-0.3, -0.25) is 9.78 Å². The summed E-state index contributed by atoms with van der Waals surface area (Å²) in [5.41, 5.74) is 1.07. The third kappa shape index (κ3) is 11.6. The maximum absolute atomic E-state index is 9.75. The summed E-state index contributed by atoms with van der Waals surface area (Å²) < 4.78 is 4.17. The molecule has 4 nitrogen and oxygen atoms in total. The van der Waals surface area contributed by atoms with Crippen molar-refractivity contribution < 1.29 is 9.53 Å². The molecule has 0 radical (unpaired) electrons. The topological polar surface area (TPSA) is 55.0 Å².